The lowest BCUT2D eigenvalue weighted by Gasteiger charge is -2.22. The molecular formula is C22H24N6OS. The van der Waals surface area contributed by atoms with E-state index in [9.17, 15) is 0 Å². The van der Waals surface area contributed by atoms with Gasteiger partial charge >= 0.3 is 0 Å². The van der Waals surface area contributed by atoms with Crippen LogP contribution in [0.3, 0.4) is 0 Å². The first-order valence-electron chi connectivity index (χ1n) is 9.98. The SMILES string of the molecule is Cc1snc2c1/C=C/c1[nH]nc3ccc(cc13)-c1cnn(C)c1O[C@@H](C)CN(C)C2. The molecule has 0 spiro atoms. The van der Waals surface area contributed by atoms with E-state index >= 15 is 0 Å². The number of aromatic amines is 1. The van der Waals surface area contributed by atoms with Crippen molar-refractivity contribution in [1.82, 2.24) is 29.3 Å². The summed E-state index contributed by atoms with van der Waals surface area (Å²) in [5.74, 6) is 0.774. The number of aromatic nitrogens is 5. The third-order valence-corrected chi connectivity index (χ3v) is 6.29. The normalized spacial score (nSPS) is 18.5. The minimum atomic E-state index is 0.00113. The number of hydrogen-bond acceptors (Lipinski definition) is 6. The number of benzene rings is 1. The number of rotatable bonds is 0. The van der Waals surface area contributed by atoms with Gasteiger partial charge in [0.1, 0.15) is 6.10 Å². The van der Waals surface area contributed by atoms with Gasteiger partial charge in [0.2, 0.25) is 5.88 Å². The molecule has 4 aromatic rings. The van der Waals surface area contributed by atoms with Gasteiger partial charge in [0, 0.05) is 36.0 Å². The average molecular weight is 421 g/mol. The predicted molar refractivity (Wildman–Crippen MR) is 120 cm³/mol. The van der Waals surface area contributed by atoms with E-state index in [4.69, 9.17) is 9.11 Å². The highest BCUT2D eigenvalue weighted by Gasteiger charge is 2.19. The molecule has 0 saturated heterocycles. The smallest absolute Gasteiger partial charge is 0.219 e. The Kier molecular flexibility index (Phi) is 4.67. The second kappa shape index (κ2) is 7.37. The molecular weight excluding hydrogens is 396 g/mol. The minimum Gasteiger partial charge on any atom is -0.473 e. The largest absolute Gasteiger partial charge is 0.473 e. The molecule has 4 heterocycles. The van der Waals surface area contributed by atoms with E-state index in [-0.39, 0.29) is 6.10 Å². The summed E-state index contributed by atoms with van der Waals surface area (Å²) in [5, 5.41) is 13.2. The number of fused-ring (bicyclic) bond motifs is 4. The summed E-state index contributed by atoms with van der Waals surface area (Å²) < 4.78 is 12.8. The van der Waals surface area contributed by atoms with Gasteiger partial charge < -0.3 is 4.74 Å². The molecule has 0 radical (unpaired) electrons. The zero-order valence-corrected chi connectivity index (χ0v) is 18.3. The summed E-state index contributed by atoms with van der Waals surface area (Å²) in [6.07, 6.45) is 6.12. The van der Waals surface area contributed by atoms with Crippen molar-refractivity contribution in [2.75, 3.05) is 13.6 Å². The van der Waals surface area contributed by atoms with E-state index in [1.165, 1.54) is 10.4 Å². The van der Waals surface area contributed by atoms with Gasteiger partial charge in [-0.25, -0.2) is 4.68 Å². The molecule has 5 rings (SSSR count). The summed E-state index contributed by atoms with van der Waals surface area (Å²) >= 11 is 1.55. The van der Waals surface area contributed by atoms with Crippen molar-refractivity contribution in [3.05, 3.63) is 46.2 Å². The topological polar surface area (TPSA) is 71.9 Å². The zero-order chi connectivity index (χ0) is 20.8. The summed E-state index contributed by atoms with van der Waals surface area (Å²) in [4.78, 5) is 3.46. The lowest BCUT2D eigenvalue weighted by molar-refractivity contribution is 0.148. The van der Waals surface area contributed by atoms with Gasteiger partial charge in [-0.2, -0.15) is 14.6 Å². The van der Waals surface area contributed by atoms with Crippen LogP contribution in [-0.4, -0.2) is 48.9 Å². The maximum Gasteiger partial charge on any atom is 0.219 e. The molecule has 30 heavy (non-hydrogen) atoms. The lowest BCUT2D eigenvalue weighted by Crippen LogP contribution is -2.31. The monoisotopic (exact) mass is 420 g/mol. The van der Waals surface area contributed by atoms with Gasteiger partial charge in [-0.05, 0) is 62.3 Å². The number of nitrogens with zero attached hydrogens (tertiary/aromatic N) is 5. The van der Waals surface area contributed by atoms with Gasteiger partial charge in [0.25, 0.3) is 0 Å². The summed E-state index contributed by atoms with van der Waals surface area (Å²) in [5.41, 5.74) is 6.22. The van der Waals surface area contributed by atoms with Crippen LogP contribution in [0.2, 0.25) is 0 Å². The Balaban J connectivity index is 1.69. The predicted octanol–water partition coefficient (Wildman–Crippen LogP) is 4.11. The van der Waals surface area contributed by atoms with Crippen molar-refractivity contribution in [2.45, 2.75) is 26.5 Å². The Bertz CT molecular complexity index is 1250. The fourth-order valence-corrected chi connectivity index (χ4v) is 4.68. The molecule has 0 saturated carbocycles. The highest BCUT2D eigenvalue weighted by molar-refractivity contribution is 7.06. The summed E-state index contributed by atoms with van der Waals surface area (Å²) in [6.45, 7) is 5.76. The van der Waals surface area contributed by atoms with Crippen LogP contribution >= 0.6 is 11.5 Å². The third kappa shape index (κ3) is 3.32. The number of ether oxygens (including phenoxy) is 1. The van der Waals surface area contributed by atoms with Crippen molar-refractivity contribution >= 4 is 34.6 Å². The zero-order valence-electron chi connectivity index (χ0n) is 17.5. The molecule has 7 nitrogen and oxygen atoms in total. The van der Waals surface area contributed by atoms with E-state index in [0.717, 1.165) is 52.4 Å². The first kappa shape index (κ1) is 19.0. The molecule has 0 unspecified atom stereocenters. The summed E-state index contributed by atoms with van der Waals surface area (Å²) in [6, 6.07) is 6.26. The molecule has 1 N–H and O–H groups in total. The van der Waals surface area contributed by atoms with Gasteiger partial charge in [-0.15, -0.1) is 0 Å². The van der Waals surface area contributed by atoms with E-state index in [2.05, 4.69) is 65.4 Å². The van der Waals surface area contributed by atoms with Crippen LogP contribution < -0.4 is 4.74 Å². The Hall–Kier alpha value is -2.97. The standard InChI is InChI=1S/C22H24N6OS/c1-13-11-27(3)12-21-16(14(2)30-26-21)6-8-20-17-9-15(5-7-19(17)24-25-20)18-10-23-28(4)22(18)29-13/h5-10,13H,11-12H2,1-4H3,(H,24,25)/b8-6+/t13-/m0/s1. The molecule has 1 aliphatic heterocycles. The number of aryl methyl sites for hydroxylation is 2. The first-order valence-corrected chi connectivity index (χ1v) is 10.8. The van der Waals surface area contributed by atoms with E-state index in [1.807, 2.05) is 19.3 Å². The van der Waals surface area contributed by atoms with Crippen molar-refractivity contribution in [3.8, 4) is 17.0 Å². The van der Waals surface area contributed by atoms with E-state index in [0.29, 0.717) is 0 Å². The van der Waals surface area contributed by atoms with Crippen LogP contribution in [0.4, 0.5) is 0 Å². The van der Waals surface area contributed by atoms with Gasteiger partial charge in [-0.3, -0.25) is 10.00 Å². The molecule has 0 amide bonds. The van der Waals surface area contributed by atoms with Gasteiger partial charge in [-0.1, -0.05) is 6.07 Å². The molecule has 3 aromatic heterocycles. The van der Waals surface area contributed by atoms with Crippen LogP contribution in [0, 0.1) is 6.92 Å². The Morgan fingerprint density at radius 3 is 2.97 bits per heavy atom. The quantitative estimate of drug-likeness (QED) is 0.463. The lowest BCUT2D eigenvalue weighted by atomic mass is 10.0. The minimum absolute atomic E-state index is 0.00113. The van der Waals surface area contributed by atoms with Gasteiger partial charge in [0.15, 0.2) is 0 Å². The van der Waals surface area contributed by atoms with E-state index < -0.39 is 0 Å². The number of hydrogen-bond donors (Lipinski definition) is 1. The molecule has 154 valence electrons. The third-order valence-electron chi connectivity index (χ3n) is 5.48. The Morgan fingerprint density at radius 2 is 2.10 bits per heavy atom. The maximum atomic E-state index is 6.36. The van der Waals surface area contributed by atoms with Gasteiger partial charge in [0.05, 0.1) is 28.7 Å². The Labute approximate surface area is 179 Å². The molecule has 0 aliphatic carbocycles. The molecule has 2 bridgehead atoms. The van der Waals surface area contributed by atoms with E-state index in [1.54, 1.807) is 16.2 Å². The van der Waals surface area contributed by atoms with Crippen LogP contribution in [-0.2, 0) is 13.6 Å². The van der Waals surface area contributed by atoms with Crippen LogP contribution in [0.15, 0.2) is 24.4 Å². The number of likely N-dealkylation sites (N-methyl/N-ethyl adjacent to an activating group) is 1. The molecule has 1 aliphatic rings. The van der Waals surface area contributed by atoms with Crippen molar-refractivity contribution in [1.29, 1.82) is 0 Å². The second-order valence-electron chi connectivity index (χ2n) is 7.91. The average Bonchev–Trinajstić information content (AvgIpc) is 3.38. The maximum absolute atomic E-state index is 6.36. The molecule has 0 fully saturated rings. The number of nitrogens with one attached hydrogen (secondary N) is 1. The van der Waals surface area contributed by atoms with Crippen LogP contribution in [0.5, 0.6) is 5.88 Å². The highest BCUT2D eigenvalue weighted by Crippen LogP contribution is 2.33. The highest BCUT2D eigenvalue weighted by atomic mass is 32.1. The second-order valence-corrected chi connectivity index (χ2v) is 8.89. The molecule has 8 heteroatoms. The van der Waals surface area contributed by atoms with Crippen LogP contribution in [0.25, 0.3) is 34.2 Å². The summed E-state index contributed by atoms with van der Waals surface area (Å²) in [7, 11) is 4.02. The fraction of sp³-hybridized carbons (Fsp3) is 0.318. The molecule has 1 atom stereocenters. The fourth-order valence-electron chi connectivity index (χ4n) is 3.99. The Morgan fingerprint density at radius 1 is 1.23 bits per heavy atom. The van der Waals surface area contributed by atoms with Crippen LogP contribution in [0.1, 0.15) is 28.8 Å². The van der Waals surface area contributed by atoms with Crippen molar-refractivity contribution in [2.24, 2.45) is 7.05 Å². The van der Waals surface area contributed by atoms with Crippen molar-refractivity contribution < 1.29 is 4.74 Å². The first-order chi connectivity index (χ1) is 14.5. The van der Waals surface area contributed by atoms with Crippen molar-refractivity contribution in [3.63, 3.8) is 0 Å². The number of H-pyrrole nitrogens is 1. The molecule has 1 aromatic carbocycles.